The van der Waals surface area contributed by atoms with Crippen LogP contribution in [0.2, 0.25) is 0 Å². The Balaban J connectivity index is 1.27. The fourth-order valence-electron chi connectivity index (χ4n) is 5.82. The molecule has 0 fully saturated rings. The van der Waals surface area contributed by atoms with Gasteiger partial charge >= 0.3 is 0 Å². The third kappa shape index (κ3) is 4.02. The van der Waals surface area contributed by atoms with Crippen LogP contribution in [0.4, 0.5) is 0 Å². The molecule has 0 aliphatic carbocycles. The molecule has 0 aliphatic rings. The molecular formula is C39H23N3OS. The molecule has 0 radical (unpaired) electrons. The van der Waals surface area contributed by atoms with Crippen molar-refractivity contribution in [1.82, 2.24) is 15.0 Å². The zero-order valence-corrected chi connectivity index (χ0v) is 23.9. The first-order valence-electron chi connectivity index (χ1n) is 16.6. The fourth-order valence-corrected chi connectivity index (χ4v) is 7.03. The van der Waals surface area contributed by atoms with Crippen LogP contribution in [-0.4, -0.2) is 15.0 Å². The minimum atomic E-state index is -0.427. The number of nitrogens with zero attached hydrogens (tertiary/aromatic N) is 3. The van der Waals surface area contributed by atoms with Gasteiger partial charge in [-0.25, -0.2) is 15.0 Å². The summed E-state index contributed by atoms with van der Waals surface area (Å²) in [5.41, 5.74) is 4.26. The number of fused-ring (bicyclic) bond motifs is 6. The maximum atomic E-state index is 8.47. The van der Waals surface area contributed by atoms with Gasteiger partial charge in [-0.1, -0.05) is 109 Å². The predicted octanol–water partition coefficient (Wildman–Crippen LogP) is 10.8. The Morgan fingerprint density at radius 3 is 2.14 bits per heavy atom. The molecule has 5 heteroatoms. The van der Waals surface area contributed by atoms with E-state index < -0.39 is 6.04 Å². The Morgan fingerprint density at radius 1 is 0.523 bits per heavy atom. The van der Waals surface area contributed by atoms with Gasteiger partial charge in [0.25, 0.3) is 0 Å². The Bertz CT molecular complexity index is 2770. The van der Waals surface area contributed by atoms with Crippen molar-refractivity contribution in [2.45, 2.75) is 0 Å². The quantitative estimate of drug-likeness (QED) is 0.206. The van der Waals surface area contributed by atoms with E-state index in [1.54, 1.807) is 23.5 Å². The number of rotatable bonds is 4. The molecule has 0 spiro atoms. The van der Waals surface area contributed by atoms with Gasteiger partial charge in [0.15, 0.2) is 17.5 Å². The van der Waals surface area contributed by atoms with Gasteiger partial charge < -0.3 is 4.42 Å². The summed E-state index contributed by atoms with van der Waals surface area (Å²) in [6.07, 6.45) is 0. The van der Waals surface area contributed by atoms with E-state index in [1.165, 1.54) is 10.1 Å². The second-order valence-corrected chi connectivity index (χ2v) is 11.5. The maximum absolute atomic E-state index is 8.47. The summed E-state index contributed by atoms with van der Waals surface area (Å²) in [6.45, 7) is 0. The van der Waals surface area contributed by atoms with Gasteiger partial charge in [0.1, 0.15) is 11.2 Å². The van der Waals surface area contributed by atoms with E-state index in [4.69, 9.17) is 26.2 Å². The van der Waals surface area contributed by atoms with E-state index in [0.717, 1.165) is 37.5 Å². The lowest BCUT2D eigenvalue weighted by Crippen LogP contribution is -2.00. The van der Waals surface area contributed by atoms with Gasteiger partial charge in [0, 0.05) is 47.6 Å². The summed E-state index contributed by atoms with van der Waals surface area (Å²) in [4.78, 5) is 15.1. The van der Waals surface area contributed by atoms with E-state index in [2.05, 4.69) is 36.4 Å². The molecule has 0 unspecified atom stereocenters. The van der Waals surface area contributed by atoms with Crippen LogP contribution < -0.4 is 0 Å². The second kappa shape index (κ2) is 9.97. The minimum Gasteiger partial charge on any atom is -0.456 e. The number of benzene rings is 6. The van der Waals surface area contributed by atoms with Gasteiger partial charge in [-0.2, -0.15) is 0 Å². The number of thiophene rings is 1. The normalized spacial score (nSPS) is 13.2. The fraction of sp³-hybridized carbons (Fsp3) is 0. The van der Waals surface area contributed by atoms with E-state index in [-0.39, 0.29) is 29.7 Å². The highest BCUT2D eigenvalue weighted by molar-refractivity contribution is 7.26. The lowest BCUT2D eigenvalue weighted by molar-refractivity contribution is 0.669. The lowest BCUT2D eigenvalue weighted by atomic mass is 10.0. The summed E-state index contributed by atoms with van der Waals surface area (Å²) in [5.74, 6) is 1.60. The smallest absolute Gasteiger partial charge is 0.165 e. The van der Waals surface area contributed by atoms with Crippen LogP contribution in [-0.2, 0) is 0 Å². The number of furan rings is 1. The monoisotopic (exact) mass is 586 g/mol. The summed E-state index contributed by atoms with van der Waals surface area (Å²) in [6, 6.07) is 33.8. The van der Waals surface area contributed by atoms with Crippen LogP contribution in [0.5, 0.6) is 0 Å². The van der Waals surface area contributed by atoms with Crippen molar-refractivity contribution >= 4 is 53.4 Å². The summed E-state index contributed by atoms with van der Waals surface area (Å²) >= 11 is 1.72. The Kier molecular flexibility index (Phi) is 4.60. The van der Waals surface area contributed by atoms with Crippen molar-refractivity contribution in [3.63, 3.8) is 0 Å². The molecule has 0 saturated heterocycles. The molecule has 0 atom stereocenters. The molecule has 0 bridgehead atoms. The highest BCUT2D eigenvalue weighted by Gasteiger charge is 2.19. The van der Waals surface area contributed by atoms with Crippen LogP contribution in [0.25, 0.3) is 87.4 Å². The van der Waals surface area contributed by atoms with E-state index in [1.807, 2.05) is 60.7 Å². The first-order chi connectivity index (χ1) is 23.9. The minimum absolute atomic E-state index is 0.124. The molecule has 0 N–H and O–H groups in total. The van der Waals surface area contributed by atoms with Crippen molar-refractivity contribution < 1.29 is 11.3 Å². The van der Waals surface area contributed by atoms with Crippen LogP contribution in [0.1, 0.15) is 6.85 Å². The molecule has 3 aromatic heterocycles. The third-order valence-corrected chi connectivity index (χ3v) is 9.06. The van der Waals surface area contributed by atoms with Crippen LogP contribution in [0, 0.1) is 0 Å². The van der Waals surface area contributed by atoms with E-state index >= 15 is 0 Å². The van der Waals surface area contributed by atoms with Crippen molar-refractivity contribution in [3.8, 4) is 45.3 Å². The van der Waals surface area contributed by atoms with Crippen LogP contribution in [0.15, 0.2) is 144 Å². The molecule has 4 nitrogen and oxygen atoms in total. The zero-order valence-electron chi connectivity index (χ0n) is 28.1. The van der Waals surface area contributed by atoms with Gasteiger partial charge in [0.2, 0.25) is 0 Å². The first kappa shape index (κ1) is 20.3. The molecule has 0 amide bonds. The number of hydrogen-bond acceptors (Lipinski definition) is 5. The van der Waals surface area contributed by atoms with Crippen molar-refractivity contribution in [1.29, 1.82) is 0 Å². The molecule has 44 heavy (non-hydrogen) atoms. The maximum Gasteiger partial charge on any atom is 0.165 e. The Morgan fingerprint density at radius 2 is 1.25 bits per heavy atom. The molecule has 3 heterocycles. The van der Waals surface area contributed by atoms with Crippen LogP contribution >= 0.6 is 11.3 Å². The Hall–Kier alpha value is -5.65. The highest BCUT2D eigenvalue weighted by Crippen LogP contribution is 2.41. The van der Waals surface area contributed by atoms with Crippen LogP contribution in [0.3, 0.4) is 0 Å². The SMILES string of the molecule is [2H]c1c([2H])c([2H])c(-c2ccc3c(c2)oc2cccc(-c4nc(-c5ccccc5)nc(-c5cccc6c5sc5ccccc56)n4)c23)c([2H])c1[2H]. The summed E-state index contributed by atoms with van der Waals surface area (Å²) in [5, 5.41) is 3.94. The van der Waals surface area contributed by atoms with E-state index in [0.29, 0.717) is 34.2 Å². The van der Waals surface area contributed by atoms with Gasteiger partial charge in [0.05, 0.1) is 6.85 Å². The Labute approximate surface area is 264 Å². The summed E-state index contributed by atoms with van der Waals surface area (Å²) in [7, 11) is 0. The standard InChI is InChI=1S/C39H23N3OS/c1-3-11-24(12-4-1)26-21-22-29-33(23-26)43-32-19-10-17-30(35(29)32)38-40-37(25-13-5-2-6-14-25)41-39(42-38)31-18-9-16-28-27-15-7-8-20-34(27)44-36(28)31/h1-23H/i1D,3D,4D,11D,12D. The topological polar surface area (TPSA) is 51.8 Å². The molecule has 206 valence electrons. The predicted molar refractivity (Wildman–Crippen MR) is 182 cm³/mol. The molecule has 6 aromatic carbocycles. The average molecular weight is 587 g/mol. The first-order valence-corrected chi connectivity index (χ1v) is 14.9. The lowest BCUT2D eigenvalue weighted by Gasteiger charge is -2.10. The third-order valence-electron chi connectivity index (χ3n) is 7.84. The second-order valence-electron chi connectivity index (χ2n) is 10.4. The molecule has 0 aliphatic heterocycles. The van der Waals surface area contributed by atoms with Crippen molar-refractivity contribution in [3.05, 3.63) is 139 Å². The van der Waals surface area contributed by atoms with Gasteiger partial charge in [-0.3, -0.25) is 0 Å². The largest absolute Gasteiger partial charge is 0.456 e. The molecular weight excluding hydrogens is 559 g/mol. The highest BCUT2D eigenvalue weighted by atomic mass is 32.1. The van der Waals surface area contributed by atoms with Gasteiger partial charge in [-0.15, -0.1) is 11.3 Å². The molecule has 0 saturated carbocycles. The molecule has 9 rings (SSSR count). The molecule has 9 aromatic rings. The summed E-state index contributed by atoms with van der Waals surface area (Å²) < 4.78 is 49.9. The van der Waals surface area contributed by atoms with E-state index in [9.17, 15) is 0 Å². The number of aromatic nitrogens is 3. The average Bonchev–Trinajstić information content (AvgIpc) is 3.71. The van der Waals surface area contributed by atoms with Gasteiger partial charge in [-0.05, 0) is 41.5 Å². The zero-order chi connectivity index (χ0) is 33.4. The number of hydrogen-bond donors (Lipinski definition) is 0. The van der Waals surface area contributed by atoms with Crippen molar-refractivity contribution in [2.24, 2.45) is 0 Å². The van der Waals surface area contributed by atoms with Crippen molar-refractivity contribution in [2.75, 3.05) is 0 Å².